The molecule has 1 fully saturated rings. The molecule has 0 saturated heterocycles. The first kappa shape index (κ1) is 16.4. The predicted molar refractivity (Wildman–Crippen MR) is 94.4 cm³/mol. The summed E-state index contributed by atoms with van der Waals surface area (Å²) in [7, 11) is 0. The monoisotopic (exact) mass is 324 g/mol. The first-order valence-corrected chi connectivity index (χ1v) is 8.25. The summed E-state index contributed by atoms with van der Waals surface area (Å²) in [6.07, 6.45) is 9.30. The van der Waals surface area contributed by atoms with Crippen molar-refractivity contribution in [3.05, 3.63) is 54.1 Å². The Morgan fingerprint density at radius 2 is 2.04 bits per heavy atom. The third kappa shape index (κ3) is 3.40. The number of rotatable bonds is 5. The summed E-state index contributed by atoms with van der Waals surface area (Å²) in [6, 6.07) is 3.91. The van der Waals surface area contributed by atoms with Crippen molar-refractivity contribution in [2.45, 2.75) is 34.2 Å². The quantitative estimate of drug-likeness (QED) is 0.856. The van der Waals surface area contributed by atoms with Crippen LogP contribution >= 0.6 is 0 Å². The molecule has 1 aliphatic carbocycles. The minimum atomic E-state index is 0.0222. The smallest absolute Gasteiger partial charge is 0.228 e. The van der Waals surface area contributed by atoms with Crippen LogP contribution in [-0.2, 0) is 11.3 Å². The molecule has 1 saturated carbocycles. The minimum Gasteiger partial charge on any atom is -0.323 e. The molecule has 0 spiro atoms. The molecule has 2 unspecified atom stereocenters. The second kappa shape index (κ2) is 6.23. The van der Waals surface area contributed by atoms with Gasteiger partial charge in [-0.1, -0.05) is 25.5 Å². The number of aromatic nitrogens is 3. The molecular formula is C19H24N4O. The molecule has 2 aromatic heterocycles. The lowest BCUT2D eigenvalue weighted by atomic mass is 10.1. The SMILES string of the molecule is CC(C)=CC1C(C(=O)Nc2cnn(Cc3ccncc3)c2)C1(C)C. The Hall–Kier alpha value is -2.43. The first-order chi connectivity index (χ1) is 11.4. The van der Waals surface area contributed by atoms with Crippen molar-refractivity contribution >= 4 is 11.6 Å². The average molecular weight is 324 g/mol. The van der Waals surface area contributed by atoms with E-state index in [-0.39, 0.29) is 17.2 Å². The van der Waals surface area contributed by atoms with Crippen LogP contribution in [0.1, 0.15) is 33.3 Å². The zero-order valence-electron chi connectivity index (χ0n) is 14.7. The van der Waals surface area contributed by atoms with Crippen molar-refractivity contribution in [1.29, 1.82) is 0 Å². The van der Waals surface area contributed by atoms with Gasteiger partial charge in [0.25, 0.3) is 0 Å². The zero-order valence-corrected chi connectivity index (χ0v) is 14.7. The number of nitrogens with zero attached hydrogens (tertiary/aromatic N) is 3. The van der Waals surface area contributed by atoms with E-state index in [1.54, 1.807) is 18.6 Å². The summed E-state index contributed by atoms with van der Waals surface area (Å²) in [6.45, 7) is 9.11. The Bertz CT molecular complexity index is 757. The molecule has 126 valence electrons. The van der Waals surface area contributed by atoms with Crippen molar-refractivity contribution in [3.8, 4) is 0 Å². The molecule has 2 aromatic rings. The highest BCUT2D eigenvalue weighted by atomic mass is 16.2. The number of hydrogen-bond donors (Lipinski definition) is 1. The van der Waals surface area contributed by atoms with Crippen molar-refractivity contribution in [2.24, 2.45) is 17.3 Å². The third-order valence-electron chi connectivity index (χ3n) is 4.70. The highest BCUT2D eigenvalue weighted by Crippen LogP contribution is 2.59. The molecule has 2 atom stereocenters. The molecule has 24 heavy (non-hydrogen) atoms. The van der Waals surface area contributed by atoms with E-state index in [0.717, 1.165) is 11.3 Å². The van der Waals surface area contributed by atoms with Crippen LogP contribution < -0.4 is 5.32 Å². The number of carbonyl (C=O) groups is 1. The molecule has 1 amide bonds. The Balaban J connectivity index is 1.63. The summed E-state index contributed by atoms with van der Waals surface area (Å²) in [5.74, 6) is 0.413. The molecule has 1 N–H and O–H groups in total. The molecule has 2 heterocycles. The van der Waals surface area contributed by atoms with E-state index in [0.29, 0.717) is 12.5 Å². The number of hydrogen-bond acceptors (Lipinski definition) is 3. The highest BCUT2D eigenvalue weighted by Gasteiger charge is 2.60. The van der Waals surface area contributed by atoms with Crippen molar-refractivity contribution in [1.82, 2.24) is 14.8 Å². The highest BCUT2D eigenvalue weighted by molar-refractivity contribution is 5.95. The van der Waals surface area contributed by atoms with Crippen molar-refractivity contribution < 1.29 is 4.79 Å². The number of pyridine rings is 1. The van der Waals surface area contributed by atoms with E-state index in [4.69, 9.17) is 0 Å². The van der Waals surface area contributed by atoms with Gasteiger partial charge in [0.05, 0.1) is 24.3 Å². The summed E-state index contributed by atoms with van der Waals surface area (Å²) in [5.41, 5.74) is 3.15. The largest absolute Gasteiger partial charge is 0.323 e. The Labute approximate surface area is 142 Å². The van der Waals surface area contributed by atoms with E-state index in [1.807, 2.05) is 23.0 Å². The number of amides is 1. The van der Waals surface area contributed by atoms with Gasteiger partial charge in [-0.3, -0.25) is 14.5 Å². The van der Waals surface area contributed by atoms with Gasteiger partial charge in [0.15, 0.2) is 0 Å². The molecule has 5 nitrogen and oxygen atoms in total. The summed E-state index contributed by atoms with van der Waals surface area (Å²) in [4.78, 5) is 16.6. The Kier molecular flexibility index (Phi) is 4.26. The predicted octanol–water partition coefficient (Wildman–Crippen LogP) is 3.50. The Morgan fingerprint density at radius 3 is 2.71 bits per heavy atom. The zero-order chi connectivity index (χ0) is 17.3. The van der Waals surface area contributed by atoms with Crippen LogP contribution in [0.15, 0.2) is 48.6 Å². The van der Waals surface area contributed by atoms with Gasteiger partial charge in [0.1, 0.15) is 0 Å². The summed E-state index contributed by atoms with van der Waals surface area (Å²) in [5, 5.41) is 7.32. The maximum atomic E-state index is 12.6. The number of carbonyl (C=O) groups excluding carboxylic acids is 1. The van der Waals surface area contributed by atoms with Gasteiger partial charge in [-0.15, -0.1) is 0 Å². The maximum Gasteiger partial charge on any atom is 0.228 e. The average Bonchev–Trinajstić information content (AvgIpc) is 2.83. The van der Waals surface area contributed by atoms with Crippen molar-refractivity contribution in [2.75, 3.05) is 5.32 Å². The van der Waals surface area contributed by atoms with Gasteiger partial charge in [0.2, 0.25) is 5.91 Å². The standard InChI is InChI=1S/C19H24N4O/c1-13(2)9-16-17(19(16,3)4)18(24)22-15-10-21-23(12-15)11-14-5-7-20-8-6-14/h5-10,12,16-17H,11H2,1-4H3,(H,22,24). The first-order valence-electron chi connectivity index (χ1n) is 8.25. The third-order valence-corrected chi connectivity index (χ3v) is 4.70. The molecule has 0 radical (unpaired) electrons. The molecule has 0 bridgehead atoms. The van der Waals surface area contributed by atoms with Gasteiger partial charge in [-0.05, 0) is 42.9 Å². The van der Waals surface area contributed by atoms with Gasteiger partial charge >= 0.3 is 0 Å². The van der Waals surface area contributed by atoms with E-state index in [2.05, 4.69) is 49.2 Å². The van der Waals surface area contributed by atoms with Crippen LogP contribution in [0, 0.1) is 17.3 Å². The van der Waals surface area contributed by atoms with Gasteiger partial charge in [0, 0.05) is 18.6 Å². The fraction of sp³-hybridized carbons (Fsp3) is 0.421. The lowest BCUT2D eigenvalue weighted by molar-refractivity contribution is -0.118. The molecule has 0 aliphatic heterocycles. The topological polar surface area (TPSA) is 59.8 Å². The second-order valence-corrected chi connectivity index (χ2v) is 7.34. The van der Waals surface area contributed by atoms with Crippen LogP contribution in [0.2, 0.25) is 0 Å². The number of nitrogens with one attached hydrogen (secondary N) is 1. The van der Waals surface area contributed by atoms with Gasteiger partial charge in [-0.25, -0.2) is 0 Å². The minimum absolute atomic E-state index is 0.0222. The van der Waals surface area contributed by atoms with Crippen LogP contribution in [0.3, 0.4) is 0 Å². The van der Waals surface area contributed by atoms with Crippen LogP contribution in [0.5, 0.6) is 0 Å². The van der Waals surface area contributed by atoms with Gasteiger partial charge < -0.3 is 5.32 Å². The van der Waals surface area contributed by atoms with Crippen LogP contribution in [0.25, 0.3) is 0 Å². The molecule has 5 heteroatoms. The summed E-state index contributed by atoms with van der Waals surface area (Å²) < 4.78 is 1.82. The lowest BCUT2D eigenvalue weighted by Gasteiger charge is -2.03. The number of anilines is 1. The maximum absolute atomic E-state index is 12.6. The van der Waals surface area contributed by atoms with E-state index < -0.39 is 0 Å². The summed E-state index contributed by atoms with van der Waals surface area (Å²) >= 11 is 0. The van der Waals surface area contributed by atoms with Gasteiger partial charge in [-0.2, -0.15) is 5.10 Å². The fourth-order valence-corrected chi connectivity index (χ4v) is 3.26. The molecule has 1 aliphatic rings. The van der Waals surface area contributed by atoms with Crippen LogP contribution in [-0.4, -0.2) is 20.7 Å². The fourth-order valence-electron chi connectivity index (χ4n) is 3.26. The van der Waals surface area contributed by atoms with Crippen LogP contribution in [0.4, 0.5) is 5.69 Å². The number of allylic oxidation sites excluding steroid dienone is 2. The Morgan fingerprint density at radius 1 is 1.33 bits per heavy atom. The molecule has 3 rings (SSSR count). The van der Waals surface area contributed by atoms with E-state index >= 15 is 0 Å². The van der Waals surface area contributed by atoms with E-state index in [1.165, 1.54) is 5.57 Å². The molecular weight excluding hydrogens is 300 g/mol. The molecule has 0 aromatic carbocycles. The normalized spacial score (nSPS) is 21.2. The van der Waals surface area contributed by atoms with Crippen molar-refractivity contribution in [3.63, 3.8) is 0 Å². The second-order valence-electron chi connectivity index (χ2n) is 7.34. The van der Waals surface area contributed by atoms with E-state index in [9.17, 15) is 4.79 Å². The lowest BCUT2D eigenvalue weighted by Crippen LogP contribution is -2.16.